The van der Waals surface area contributed by atoms with E-state index in [2.05, 4.69) is 31.6 Å². The zero-order chi connectivity index (χ0) is 25.6. The number of carbonyl (C=O) groups excluding carboxylic acids is 5. The molecular weight excluding hydrogens is 444 g/mol. The predicted octanol–water partition coefficient (Wildman–Crippen LogP) is -0.619. The summed E-state index contributed by atoms with van der Waals surface area (Å²) in [5.74, 6) is -1.75. The number of rotatable bonds is 19. The molecule has 0 aliphatic rings. The lowest BCUT2D eigenvalue weighted by Gasteiger charge is -2.16. The minimum absolute atomic E-state index is 0.00389. The molecule has 1 atom stereocenters. The third-order valence-corrected chi connectivity index (χ3v) is 4.39. The van der Waals surface area contributed by atoms with E-state index in [0.29, 0.717) is 45.3 Å². The number of nitrogens with zero attached hydrogens (tertiary/aromatic N) is 1. The third-order valence-electron chi connectivity index (χ3n) is 4.39. The molecule has 0 aromatic heterocycles. The Morgan fingerprint density at radius 2 is 1.53 bits per heavy atom. The summed E-state index contributed by atoms with van der Waals surface area (Å²) < 4.78 is 4.93. The second kappa shape index (κ2) is 20.4. The van der Waals surface area contributed by atoms with E-state index >= 15 is 0 Å². The highest BCUT2D eigenvalue weighted by molar-refractivity contribution is 5.87. The van der Waals surface area contributed by atoms with E-state index in [9.17, 15) is 24.0 Å². The second-order valence-electron chi connectivity index (χ2n) is 7.42. The van der Waals surface area contributed by atoms with E-state index in [4.69, 9.17) is 4.74 Å². The van der Waals surface area contributed by atoms with Crippen LogP contribution < -0.4 is 26.6 Å². The highest BCUT2D eigenvalue weighted by atomic mass is 16.5. The van der Waals surface area contributed by atoms with Crippen LogP contribution in [0.5, 0.6) is 0 Å². The fourth-order valence-electron chi connectivity index (χ4n) is 2.70. The van der Waals surface area contributed by atoms with Crippen LogP contribution >= 0.6 is 0 Å². The van der Waals surface area contributed by atoms with E-state index in [-0.39, 0.29) is 49.6 Å². The molecule has 0 bridgehead atoms. The van der Waals surface area contributed by atoms with Crippen LogP contribution in [0.3, 0.4) is 0 Å². The summed E-state index contributed by atoms with van der Waals surface area (Å²) in [4.78, 5) is 62.5. The van der Waals surface area contributed by atoms with E-state index in [1.54, 1.807) is 13.3 Å². The molecule has 1 unspecified atom stereocenters. The van der Waals surface area contributed by atoms with Crippen LogP contribution in [0.4, 0.5) is 0 Å². The highest BCUT2D eigenvalue weighted by Crippen LogP contribution is 2.03. The van der Waals surface area contributed by atoms with Crippen LogP contribution in [-0.4, -0.2) is 81.3 Å². The largest absolute Gasteiger partial charge is 0.464 e. The minimum Gasteiger partial charge on any atom is -0.464 e. The molecule has 0 aliphatic heterocycles. The van der Waals surface area contributed by atoms with Gasteiger partial charge >= 0.3 is 5.97 Å². The molecule has 0 saturated carbocycles. The van der Waals surface area contributed by atoms with Crippen molar-refractivity contribution in [2.24, 2.45) is 4.99 Å². The summed E-state index contributed by atoms with van der Waals surface area (Å²) >= 11 is 0. The summed E-state index contributed by atoms with van der Waals surface area (Å²) in [5, 5.41) is 13.4. The molecule has 0 rings (SSSR count). The van der Waals surface area contributed by atoms with Crippen molar-refractivity contribution in [3.05, 3.63) is 0 Å². The first-order valence-electron chi connectivity index (χ1n) is 11.8. The molecule has 12 heteroatoms. The van der Waals surface area contributed by atoms with Gasteiger partial charge in [0.05, 0.1) is 19.5 Å². The summed E-state index contributed by atoms with van der Waals surface area (Å²) in [5.41, 5.74) is 0. The van der Waals surface area contributed by atoms with Gasteiger partial charge in [0, 0.05) is 45.9 Å². The Labute approximate surface area is 201 Å². The standard InChI is InChI=1S/C22H40N6O6/c1-4-23-16-24-12-8-14-25-19(30)10-11-20(31)27-15-21(32)26-13-7-6-9-18(28-17(3)29)22(33)34-5-2/h16,18H,4-15H2,1-3H3,(H,23,24)(H,25,30)(H,26,32)(H,27,31)(H,28,29). The highest BCUT2D eigenvalue weighted by Gasteiger charge is 2.20. The lowest BCUT2D eigenvalue weighted by Crippen LogP contribution is -2.41. The van der Waals surface area contributed by atoms with Gasteiger partial charge in [-0.15, -0.1) is 0 Å². The summed E-state index contributed by atoms with van der Waals surface area (Å²) in [6, 6.07) is -0.707. The van der Waals surface area contributed by atoms with Crippen molar-refractivity contribution in [2.75, 3.05) is 39.3 Å². The van der Waals surface area contributed by atoms with Crippen molar-refractivity contribution in [2.45, 2.75) is 65.3 Å². The molecule has 5 N–H and O–H groups in total. The monoisotopic (exact) mass is 484 g/mol. The van der Waals surface area contributed by atoms with Gasteiger partial charge in [-0.3, -0.25) is 24.2 Å². The van der Waals surface area contributed by atoms with Gasteiger partial charge in [-0.25, -0.2) is 4.79 Å². The van der Waals surface area contributed by atoms with Crippen LogP contribution in [0.25, 0.3) is 0 Å². The Kier molecular flexibility index (Phi) is 18.5. The van der Waals surface area contributed by atoms with E-state index in [1.807, 2.05) is 6.92 Å². The molecule has 0 fully saturated rings. The number of ether oxygens (including phenoxy) is 1. The molecular formula is C22H40N6O6. The van der Waals surface area contributed by atoms with Gasteiger partial charge < -0.3 is 31.3 Å². The van der Waals surface area contributed by atoms with Gasteiger partial charge in [0.1, 0.15) is 6.04 Å². The topological polar surface area (TPSA) is 167 Å². The van der Waals surface area contributed by atoms with Gasteiger partial charge in [-0.1, -0.05) is 0 Å². The van der Waals surface area contributed by atoms with E-state index in [0.717, 1.165) is 6.54 Å². The van der Waals surface area contributed by atoms with E-state index in [1.165, 1.54) is 6.92 Å². The molecule has 0 saturated heterocycles. The number of hydrogen-bond donors (Lipinski definition) is 5. The summed E-state index contributed by atoms with van der Waals surface area (Å²) in [6.07, 6.45) is 3.97. The van der Waals surface area contributed by atoms with Gasteiger partial charge in [0.2, 0.25) is 23.6 Å². The molecule has 0 spiro atoms. The molecule has 4 amide bonds. The van der Waals surface area contributed by atoms with Crippen LogP contribution in [0.15, 0.2) is 4.99 Å². The van der Waals surface area contributed by atoms with Crippen molar-refractivity contribution in [3.63, 3.8) is 0 Å². The van der Waals surface area contributed by atoms with Crippen molar-refractivity contribution in [1.29, 1.82) is 0 Å². The number of amides is 4. The minimum atomic E-state index is -0.707. The van der Waals surface area contributed by atoms with Crippen molar-refractivity contribution in [3.8, 4) is 0 Å². The Balaban J connectivity index is 3.86. The number of unbranched alkanes of at least 4 members (excludes halogenated alkanes) is 1. The zero-order valence-electron chi connectivity index (χ0n) is 20.5. The predicted molar refractivity (Wildman–Crippen MR) is 128 cm³/mol. The van der Waals surface area contributed by atoms with Crippen molar-refractivity contribution >= 4 is 35.9 Å². The van der Waals surface area contributed by atoms with Gasteiger partial charge in [-0.2, -0.15) is 0 Å². The third kappa shape index (κ3) is 18.4. The molecule has 194 valence electrons. The smallest absolute Gasteiger partial charge is 0.328 e. The van der Waals surface area contributed by atoms with Crippen LogP contribution in [0, 0.1) is 0 Å². The number of carbonyl (C=O) groups is 5. The quantitative estimate of drug-likeness (QED) is 0.0705. The molecule has 0 aliphatic carbocycles. The number of nitrogens with one attached hydrogen (secondary N) is 5. The fraction of sp³-hybridized carbons (Fsp3) is 0.727. The summed E-state index contributed by atoms with van der Waals surface area (Å²) in [6.45, 7) is 7.31. The lowest BCUT2D eigenvalue weighted by molar-refractivity contribution is -0.147. The lowest BCUT2D eigenvalue weighted by atomic mass is 10.1. The Hall–Kier alpha value is -3.18. The van der Waals surface area contributed by atoms with Crippen LogP contribution in [0.1, 0.15) is 59.3 Å². The average Bonchev–Trinajstić information content (AvgIpc) is 2.79. The SMILES string of the molecule is CCNC=NCCCNC(=O)CCC(=O)NCC(=O)NCCCCC(NC(C)=O)C(=O)OCC. The maximum Gasteiger partial charge on any atom is 0.328 e. The van der Waals surface area contributed by atoms with E-state index < -0.39 is 12.0 Å². The first-order chi connectivity index (χ1) is 16.3. The van der Waals surface area contributed by atoms with Gasteiger partial charge in [-0.05, 0) is 39.5 Å². The number of hydrogen-bond acceptors (Lipinski definition) is 7. The van der Waals surface area contributed by atoms with Crippen molar-refractivity contribution < 1.29 is 28.7 Å². The molecule has 0 aromatic rings. The average molecular weight is 485 g/mol. The van der Waals surface area contributed by atoms with Gasteiger partial charge in [0.25, 0.3) is 0 Å². The number of aliphatic imine (C=N–C) groups is 1. The maximum atomic E-state index is 11.8. The van der Waals surface area contributed by atoms with Crippen molar-refractivity contribution in [1.82, 2.24) is 26.6 Å². The Bertz CT molecular complexity index is 670. The molecule has 34 heavy (non-hydrogen) atoms. The molecule has 12 nitrogen and oxygen atoms in total. The number of esters is 1. The molecule has 0 aromatic carbocycles. The Morgan fingerprint density at radius 3 is 2.18 bits per heavy atom. The van der Waals surface area contributed by atoms with Crippen LogP contribution in [-0.2, 0) is 28.7 Å². The first kappa shape index (κ1) is 30.8. The summed E-state index contributed by atoms with van der Waals surface area (Å²) in [7, 11) is 0. The molecule has 0 radical (unpaired) electrons. The fourth-order valence-corrected chi connectivity index (χ4v) is 2.70. The molecule has 0 heterocycles. The van der Waals surface area contributed by atoms with Gasteiger partial charge in [0.15, 0.2) is 0 Å². The first-order valence-corrected chi connectivity index (χ1v) is 11.8. The maximum absolute atomic E-state index is 11.8. The van der Waals surface area contributed by atoms with Crippen LogP contribution in [0.2, 0.25) is 0 Å². The normalized spacial score (nSPS) is 11.4. The Morgan fingerprint density at radius 1 is 0.882 bits per heavy atom. The second-order valence-corrected chi connectivity index (χ2v) is 7.42. The zero-order valence-corrected chi connectivity index (χ0v) is 20.5.